The summed E-state index contributed by atoms with van der Waals surface area (Å²) in [5.41, 5.74) is 3.24. The normalized spacial score (nSPS) is 16.1. The first-order chi connectivity index (χ1) is 14.8. The van der Waals surface area contributed by atoms with Crippen molar-refractivity contribution in [1.82, 2.24) is 10.2 Å². The Hall–Kier alpha value is -2.71. The first kappa shape index (κ1) is 23.0. The van der Waals surface area contributed by atoms with E-state index in [0.29, 0.717) is 28.5 Å². The number of allylic oxidation sites excluding steroid dienone is 1. The van der Waals surface area contributed by atoms with Crippen molar-refractivity contribution in [1.29, 1.82) is 0 Å². The molecule has 0 bridgehead atoms. The predicted molar refractivity (Wildman–Crippen MR) is 129 cm³/mol. The number of hydrogen-bond donors (Lipinski definition) is 2. The van der Waals surface area contributed by atoms with Crippen LogP contribution >= 0.6 is 28.1 Å². The molecule has 8 heteroatoms. The van der Waals surface area contributed by atoms with Gasteiger partial charge in [-0.2, -0.15) is 0 Å². The minimum Gasteiger partial charge on any atom is -0.463 e. The molecule has 0 radical (unpaired) electrons. The van der Waals surface area contributed by atoms with Crippen LogP contribution in [0.5, 0.6) is 0 Å². The van der Waals surface area contributed by atoms with Crippen LogP contribution in [0.1, 0.15) is 42.7 Å². The van der Waals surface area contributed by atoms with Crippen LogP contribution in [0.4, 0.5) is 5.69 Å². The second-order valence-electron chi connectivity index (χ2n) is 6.93. The summed E-state index contributed by atoms with van der Waals surface area (Å²) in [6.07, 6.45) is 0. The molecule has 2 aromatic carbocycles. The van der Waals surface area contributed by atoms with E-state index >= 15 is 0 Å². The summed E-state index contributed by atoms with van der Waals surface area (Å²) < 4.78 is 6.22. The van der Waals surface area contributed by atoms with Crippen molar-refractivity contribution in [3.8, 4) is 0 Å². The maximum atomic E-state index is 12.8. The monoisotopic (exact) mass is 501 g/mol. The molecule has 1 aliphatic heterocycles. The fourth-order valence-electron chi connectivity index (χ4n) is 3.49. The Morgan fingerprint density at radius 2 is 1.90 bits per heavy atom. The van der Waals surface area contributed by atoms with Crippen molar-refractivity contribution < 1.29 is 14.3 Å². The molecule has 0 spiro atoms. The number of thiocarbonyl (C=S) groups is 1. The van der Waals surface area contributed by atoms with E-state index < -0.39 is 6.04 Å². The summed E-state index contributed by atoms with van der Waals surface area (Å²) in [4.78, 5) is 27.2. The van der Waals surface area contributed by atoms with Crippen LogP contribution in [0.2, 0.25) is 0 Å². The number of halogens is 1. The maximum absolute atomic E-state index is 12.8. The zero-order valence-corrected chi connectivity index (χ0v) is 20.0. The third-order valence-corrected chi connectivity index (χ3v) is 5.86. The molecular formula is C23H24BrN3O3S. The largest absolute Gasteiger partial charge is 0.463 e. The van der Waals surface area contributed by atoms with Crippen LogP contribution in [0.3, 0.4) is 0 Å². The van der Waals surface area contributed by atoms with Crippen molar-refractivity contribution in [3.05, 3.63) is 75.4 Å². The van der Waals surface area contributed by atoms with E-state index in [1.807, 2.05) is 49.1 Å². The standard InChI is InChI=1S/C23H24BrN3O3S/c1-4-27-14(3)19(22(29)30-5-2)20(26-23(27)31)16-7-6-8-18(13-16)25-21(28)15-9-11-17(24)12-10-15/h6-13,20H,4-5H2,1-3H3,(H,25,28)(H,26,31). The lowest BCUT2D eigenvalue weighted by atomic mass is 9.94. The molecule has 1 atom stereocenters. The van der Waals surface area contributed by atoms with E-state index in [0.717, 1.165) is 15.7 Å². The smallest absolute Gasteiger partial charge is 0.338 e. The topological polar surface area (TPSA) is 70.7 Å². The molecule has 1 unspecified atom stereocenters. The highest BCUT2D eigenvalue weighted by atomic mass is 79.9. The van der Waals surface area contributed by atoms with Gasteiger partial charge in [0.05, 0.1) is 18.2 Å². The third-order valence-electron chi connectivity index (χ3n) is 4.99. The molecule has 2 aromatic rings. The van der Waals surface area contributed by atoms with E-state index in [-0.39, 0.29) is 18.5 Å². The fourth-order valence-corrected chi connectivity index (χ4v) is 4.13. The second kappa shape index (κ2) is 10.1. The summed E-state index contributed by atoms with van der Waals surface area (Å²) in [6, 6.07) is 14.0. The quantitative estimate of drug-likeness (QED) is 0.438. The molecule has 0 fully saturated rings. The van der Waals surface area contributed by atoms with Crippen LogP contribution in [-0.2, 0) is 9.53 Å². The van der Waals surface area contributed by atoms with E-state index in [1.54, 1.807) is 25.1 Å². The number of ether oxygens (including phenoxy) is 1. The Balaban J connectivity index is 1.93. The van der Waals surface area contributed by atoms with Crippen molar-refractivity contribution in [2.45, 2.75) is 26.8 Å². The van der Waals surface area contributed by atoms with E-state index in [9.17, 15) is 9.59 Å². The van der Waals surface area contributed by atoms with Crippen LogP contribution in [0, 0.1) is 0 Å². The lowest BCUT2D eigenvalue weighted by Gasteiger charge is -2.37. The van der Waals surface area contributed by atoms with Gasteiger partial charge in [0.1, 0.15) is 0 Å². The SMILES string of the molecule is CCOC(=O)C1=C(C)N(CC)C(=S)NC1c1cccc(NC(=O)c2ccc(Br)cc2)c1. The van der Waals surface area contributed by atoms with Gasteiger partial charge in [-0.05, 0) is 75.0 Å². The summed E-state index contributed by atoms with van der Waals surface area (Å²) >= 11 is 8.88. The van der Waals surface area contributed by atoms with Gasteiger partial charge in [-0.1, -0.05) is 28.1 Å². The van der Waals surface area contributed by atoms with Gasteiger partial charge in [0, 0.05) is 28.0 Å². The number of rotatable bonds is 6. The van der Waals surface area contributed by atoms with Crippen molar-refractivity contribution in [2.24, 2.45) is 0 Å². The number of benzene rings is 2. The molecule has 0 aromatic heterocycles. The van der Waals surface area contributed by atoms with E-state index in [4.69, 9.17) is 17.0 Å². The molecule has 31 heavy (non-hydrogen) atoms. The average molecular weight is 502 g/mol. The molecule has 2 N–H and O–H groups in total. The van der Waals surface area contributed by atoms with Gasteiger partial charge in [-0.3, -0.25) is 4.79 Å². The lowest BCUT2D eigenvalue weighted by Crippen LogP contribution is -2.47. The van der Waals surface area contributed by atoms with Crippen molar-refractivity contribution in [2.75, 3.05) is 18.5 Å². The van der Waals surface area contributed by atoms with Gasteiger partial charge in [-0.15, -0.1) is 0 Å². The average Bonchev–Trinajstić information content (AvgIpc) is 2.74. The van der Waals surface area contributed by atoms with E-state index in [2.05, 4.69) is 26.6 Å². The van der Waals surface area contributed by atoms with Crippen LogP contribution in [0.25, 0.3) is 0 Å². The Bertz CT molecular complexity index is 1040. The number of amides is 1. The molecule has 1 heterocycles. The molecule has 6 nitrogen and oxygen atoms in total. The first-order valence-corrected chi connectivity index (χ1v) is 11.2. The molecule has 0 aliphatic carbocycles. The highest BCUT2D eigenvalue weighted by molar-refractivity contribution is 9.10. The summed E-state index contributed by atoms with van der Waals surface area (Å²) in [5, 5.41) is 6.71. The van der Waals surface area contributed by atoms with Gasteiger partial charge >= 0.3 is 5.97 Å². The first-order valence-electron chi connectivity index (χ1n) is 9.98. The van der Waals surface area contributed by atoms with Gasteiger partial charge in [0.15, 0.2) is 5.11 Å². The molecule has 1 amide bonds. The van der Waals surface area contributed by atoms with Gasteiger partial charge in [0.2, 0.25) is 0 Å². The number of nitrogens with one attached hydrogen (secondary N) is 2. The number of esters is 1. The highest BCUT2D eigenvalue weighted by Crippen LogP contribution is 2.32. The Labute approximate surface area is 195 Å². The molecule has 0 saturated heterocycles. The fraction of sp³-hybridized carbons (Fsp3) is 0.261. The zero-order chi connectivity index (χ0) is 22.5. The summed E-state index contributed by atoms with van der Waals surface area (Å²) in [5.74, 6) is -0.603. The van der Waals surface area contributed by atoms with Gasteiger partial charge < -0.3 is 20.3 Å². The molecule has 0 saturated carbocycles. The number of carbonyl (C=O) groups excluding carboxylic acids is 2. The zero-order valence-electron chi connectivity index (χ0n) is 17.6. The molecular weight excluding hydrogens is 478 g/mol. The number of hydrogen-bond acceptors (Lipinski definition) is 4. The van der Waals surface area contributed by atoms with Gasteiger partial charge in [-0.25, -0.2) is 4.79 Å². The van der Waals surface area contributed by atoms with Crippen LogP contribution < -0.4 is 10.6 Å². The summed E-state index contributed by atoms with van der Waals surface area (Å²) in [6.45, 7) is 6.53. The van der Waals surface area contributed by atoms with Crippen molar-refractivity contribution in [3.63, 3.8) is 0 Å². The minimum atomic E-state index is -0.473. The molecule has 1 aliphatic rings. The summed E-state index contributed by atoms with van der Waals surface area (Å²) in [7, 11) is 0. The number of nitrogens with zero attached hydrogens (tertiary/aromatic N) is 1. The number of anilines is 1. The number of carbonyl (C=O) groups is 2. The van der Waals surface area contributed by atoms with Gasteiger partial charge in [0.25, 0.3) is 5.91 Å². The lowest BCUT2D eigenvalue weighted by molar-refractivity contribution is -0.139. The molecule has 3 rings (SSSR count). The third kappa shape index (κ3) is 5.14. The Morgan fingerprint density at radius 1 is 1.19 bits per heavy atom. The van der Waals surface area contributed by atoms with Crippen LogP contribution in [-0.4, -0.2) is 35.0 Å². The molecule has 162 valence electrons. The van der Waals surface area contributed by atoms with Crippen molar-refractivity contribution >= 4 is 50.8 Å². The Kier molecular flexibility index (Phi) is 7.46. The Morgan fingerprint density at radius 3 is 2.55 bits per heavy atom. The second-order valence-corrected chi connectivity index (χ2v) is 8.24. The highest BCUT2D eigenvalue weighted by Gasteiger charge is 2.34. The minimum absolute atomic E-state index is 0.216. The predicted octanol–water partition coefficient (Wildman–Crippen LogP) is 4.79. The van der Waals surface area contributed by atoms with E-state index in [1.165, 1.54) is 0 Å². The maximum Gasteiger partial charge on any atom is 0.338 e. The van der Waals surface area contributed by atoms with Crippen LogP contribution in [0.15, 0.2) is 64.3 Å².